The van der Waals surface area contributed by atoms with Crippen LogP contribution in [0.15, 0.2) is 164 Å². The monoisotopic (exact) mass is 639 g/mol. The van der Waals surface area contributed by atoms with Crippen LogP contribution in [0.5, 0.6) is 0 Å². The van der Waals surface area contributed by atoms with Gasteiger partial charge in [0.1, 0.15) is 0 Å². The van der Waals surface area contributed by atoms with Gasteiger partial charge in [-0.05, 0) is 69.8 Å². The van der Waals surface area contributed by atoms with Crippen molar-refractivity contribution in [3.63, 3.8) is 0 Å². The van der Waals surface area contributed by atoms with Gasteiger partial charge in [-0.3, -0.25) is 0 Å². The van der Waals surface area contributed by atoms with Gasteiger partial charge in [-0.2, -0.15) is 0 Å². The van der Waals surface area contributed by atoms with E-state index in [0.717, 1.165) is 39.2 Å². The SMILES string of the molecule is CC1(C)c2ccccc2-c2ccc(-c3nc(-c4ccc(-c5ccc(-n6c7ccccc7c7ccccc76)cc5)cc4)c4ccccc4n3)cc21. The topological polar surface area (TPSA) is 30.7 Å². The van der Waals surface area contributed by atoms with Crippen LogP contribution in [0.25, 0.3) is 83.3 Å². The maximum absolute atomic E-state index is 5.24. The molecule has 2 heterocycles. The number of nitrogens with zero attached hydrogens (tertiary/aromatic N) is 3. The highest BCUT2D eigenvalue weighted by molar-refractivity contribution is 6.09. The first kappa shape index (κ1) is 28.7. The van der Waals surface area contributed by atoms with Crippen LogP contribution in [0.2, 0.25) is 0 Å². The largest absolute Gasteiger partial charge is 0.309 e. The molecule has 0 bridgehead atoms. The van der Waals surface area contributed by atoms with Crippen LogP contribution in [0, 0.1) is 0 Å². The summed E-state index contributed by atoms with van der Waals surface area (Å²) in [5.41, 5.74) is 15.2. The highest BCUT2D eigenvalue weighted by Crippen LogP contribution is 2.49. The van der Waals surface area contributed by atoms with E-state index < -0.39 is 0 Å². The first-order chi connectivity index (χ1) is 24.5. The molecule has 3 heteroatoms. The van der Waals surface area contributed by atoms with Crippen molar-refractivity contribution >= 4 is 32.7 Å². The molecule has 0 unspecified atom stereocenters. The Morgan fingerprint density at radius 3 is 1.70 bits per heavy atom. The predicted molar refractivity (Wildman–Crippen MR) is 208 cm³/mol. The number of fused-ring (bicyclic) bond motifs is 7. The zero-order chi connectivity index (χ0) is 33.4. The van der Waals surface area contributed by atoms with Gasteiger partial charge in [-0.15, -0.1) is 0 Å². The fourth-order valence-corrected chi connectivity index (χ4v) is 8.09. The molecule has 0 atom stereocenters. The Morgan fingerprint density at radius 1 is 0.440 bits per heavy atom. The second-order valence-electron chi connectivity index (χ2n) is 13.8. The number of benzene rings is 7. The summed E-state index contributed by atoms with van der Waals surface area (Å²) in [6, 6.07) is 58.8. The average molecular weight is 640 g/mol. The molecule has 10 rings (SSSR count). The molecule has 3 nitrogen and oxygen atoms in total. The van der Waals surface area contributed by atoms with Crippen molar-refractivity contribution in [2.24, 2.45) is 0 Å². The van der Waals surface area contributed by atoms with Gasteiger partial charge in [0.05, 0.1) is 22.2 Å². The van der Waals surface area contributed by atoms with E-state index >= 15 is 0 Å². The molecule has 2 aromatic heterocycles. The Hall–Kier alpha value is -6.32. The van der Waals surface area contributed by atoms with Crippen molar-refractivity contribution in [3.8, 4) is 50.6 Å². The Balaban J connectivity index is 1.01. The molecule has 0 amide bonds. The summed E-state index contributed by atoms with van der Waals surface area (Å²) in [6.45, 7) is 4.63. The van der Waals surface area contributed by atoms with Crippen molar-refractivity contribution in [1.29, 1.82) is 0 Å². The zero-order valence-electron chi connectivity index (χ0n) is 27.9. The van der Waals surface area contributed by atoms with Crippen LogP contribution >= 0.6 is 0 Å². The third kappa shape index (κ3) is 4.30. The molecule has 0 radical (unpaired) electrons. The molecule has 0 N–H and O–H groups in total. The molecule has 7 aromatic carbocycles. The van der Waals surface area contributed by atoms with Gasteiger partial charge < -0.3 is 4.57 Å². The summed E-state index contributed by atoms with van der Waals surface area (Å²) >= 11 is 0. The minimum Gasteiger partial charge on any atom is -0.309 e. The van der Waals surface area contributed by atoms with Gasteiger partial charge in [0.25, 0.3) is 0 Å². The van der Waals surface area contributed by atoms with E-state index in [1.54, 1.807) is 0 Å². The van der Waals surface area contributed by atoms with Crippen molar-refractivity contribution in [2.75, 3.05) is 0 Å². The lowest BCUT2D eigenvalue weighted by atomic mass is 9.82. The van der Waals surface area contributed by atoms with Gasteiger partial charge in [0.15, 0.2) is 5.82 Å². The minimum absolute atomic E-state index is 0.0842. The molecule has 0 fully saturated rings. The van der Waals surface area contributed by atoms with Gasteiger partial charge in [-0.25, -0.2) is 9.97 Å². The summed E-state index contributed by atoms with van der Waals surface area (Å²) in [5.74, 6) is 0.748. The predicted octanol–water partition coefficient (Wildman–Crippen LogP) is 12.0. The summed E-state index contributed by atoms with van der Waals surface area (Å²) in [4.78, 5) is 10.3. The second kappa shape index (κ2) is 10.8. The fourth-order valence-electron chi connectivity index (χ4n) is 8.09. The van der Waals surface area contributed by atoms with Crippen LogP contribution in [0.4, 0.5) is 0 Å². The van der Waals surface area contributed by atoms with Crippen molar-refractivity contribution in [3.05, 3.63) is 175 Å². The number of aromatic nitrogens is 3. The van der Waals surface area contributed by atoms with Crippen molar-refractivity contribution in [1.82, 2.24) is 14.5 Å². The van der Waals surface area contributed by atoms with Crippen LogP contribution < -0.4 is 0 Å². The van der Waals surface area contributed by atoms with Gasteiger partial charge >= 0.3 is 0 Å². The van der Waals surface area contributed by atoms with E-state index in [1.165, 1.54) is 55.2 Å². The van der Waals surface area contributed by atoms with Crippen LogP contribution in [0.3, 0.4) is 0 Å². The molecular weight excluding hydrogens is 607 g/mol. The highest BCUT2D eigenvalue weighted by Gasteiger charge is 2.35. The third-order valence-corrected chi connectivity index (χ3v) is 10.6. The maximum Gasteiger partial charge on any atom is 0.160 e. The second-order valence-corrected chi connectivity index (χ2v) is 13.8. The van der Waals surface area contributed by atoms with Crippen LogP contribution in [-0.4, -0.2) is 14.5 Å². The van der Waals surface area contributed by atoms with Gasteiger partial charge in [0.2, 0.25) is 0 Å². The molecular formula is C47H33N3. The lowest BCUT2D eigenvalue weighted by Gasteiger charge is -2.21. The Bertz CT molecular complexity index is 2710. The average Bonchev–Trinajstić information content (AvgIpc) is 3.63. The van der Waals surface area contributed by atoms with Crippen LogP contribution in [-0.2, 0) is 5.41 Å². The zero-order valence-corrected chi connectivity index (χ0v) is 27.9. The molecule has 0 aliphatic heterocycles. The van der Waals surface area contributed by atoms with Gasteiger partial charge in [-0.1, -0.05) is 141 Å². The lowest BCUT2D eigenvalue weighted by molar-refractivity contribution is 0.660. The maximum atomic E-state index is 5.24. The van der Waals surface area contributed by atoms with E-state index in [0.29, 0.717) is 0 Å². The molecule has 0 saturated heterocycles. The number of rotatable bonds is 4. The fraction of sp³-hybridized carbons (Fsp3) is 0.0638. The molecule has 9 aromatic rings. The minimum atomic E-state index is -0.0842. The normalized spacial score (nSPS) is 13.2. The number of hydrogen-bond acceptors (Lipinski definition) is 2. The first-order valence-corrected chi connectivity index (χ1v) is 17.3. The first-order valence-electron chi connectivity index (χ1n) is 17.3. The quantitative estimate of drug-likeness (QED) is 0.192. The molecule has 50 heavy (non-hydrogen) atoms. The number of para-hydroxylation sites is 3. The van der Waals surface area contributed by atoms with Crippen LogP contribution in [0.1, 0.15) is 25.0 Å². The van der Waals surface area contributed by atoms with E-state index in [4.69, 9.17) is 9.97 Å². The van der Waals surface area contributed by atoms with Gasteiger partial charge in [0, 0.05) is 38.4 Å². The Morgan fingerprint density at radius 2 is 0.980 bits per heavy atom. The summed E-state index contributed by atoms with van der Waals surface area (Å²) in [5, 5.41) is 3.59. The summed E-state index contributed by atoms with van der Waals surface area (Å²) < 4.78 is 2.36. The molecule has 0 spiro atoms. The van der Waals surface area contributed by atoms with E-state index in [1.807, 2.05) is 0 Å². The smallest absolute Gasteiger partial charge is 0.160 e. The van der Waals surface area contributed by atoms with Crippen molar-refractivity contribution < 1.29 is 0 Å². The molecule has 1 aliphatic rings. The Kier molecular flexibility index (Phi) is 6.22. The highest BCUT2D eigenvalue weighted by atomic mass is 15.0. The van der Waals surface area contributed by atoms with Crippen molar-refractivity contribution in [2.45, 2.75) is 19.3 Å². The standard InChI is InChI=1S/C47H33N3/c1-47(2)40-15-7-3-11-35(40)36-28-25-33(29-41(36)47)46-48-42-16-8-4-14-39(42)45(49-46)32-21-19-30(20-22-32)31-23-26-34(27-24-31)50-43-17-9-5-12-37(43)38-13-6-10-18-44(38)50/h3-29H,1-2H3. The van der Waals surface area contributed by atoms with E-state index in [2.05, 4.69) is 182 Å². The molecule has 1 aliphatic carbocycles. The summed E-state index contributed by atoms with van der Waals surface area (Å²) in [6.07, 6.45) is 0. The lowest BCUT2D eigenvalue weighted by Crippen LogP contribution is -2.15. The Labute approximate surface area is 291 Å². The third-order valence-electron chi connectivity index (χ3n) is 10.6. The summed E-state index contributed by atoms with van der Waals surface area (Å²) in [7, 11) is 0. The number of hydrogen-bond donors (Lipinski definition) is 0. The van der Waals surface area contributed by atoms with E-state index in [9.17, 15) is 0 Å². The molecule has 236 valence electrons. The molecule has 0 saturated carbocycles. The van der Waals surface area contributed by atoms with E-state index in [-0.39, 0.29) is 5.41 Å².